The van der Waals surface area contributed by atoms with Crippen LogP contribution in [0.4, 0.5) is 0 Å². The molecule has 2 saturated heterocycles. The molecule has 1 unspecified atom stereocenters. The molecule has 1 aromatic heterocycles. The zero-order valence-electron chi connectivity index (χ0n) is 16.7. The Balaban J connectivity index is 0.00000240. The molecular formula is C22H28ClN3O3. The maximum Gasteiger partial charge on any atom is 0.289 e. The number of nitrogens with one attached hydrogen (secondary N) is 1. The van der Waals surface area contributed by atoms with Crippen LogP contribution in [0.25, 0.3) is 11.3 Å². The molecular weight excluding hydrogens is 390 g/mol. The van der Waals surface area contributed by atoms with Crippen LogP contribution in [0.5, 0.6) is 0 Å². The smallest absolute Gasteiger partial charge is 0.289 e. The van der Waals surface area contributed by atoms with Crippen molar-refractivity contribution in [1.29, 1.82) is 0 Å². The molecule has 0 saturated carbocycles. The highest BCUT2D eigenvalue weighted by molar-refractivity contribution is 5.95. The number of hydrogen-bond acceptors (Lipinski definition) is 4. The van der Waals surface area contributed by atoms with Crippen molar-refractivity contribution in [3.05, 3.63) is 47.7 Å². The maximum absolute atomic E-state index is 12.8. The summed E-state index contributed by atoms with van der Waals surface area (Å²) in [5.41, 5.74) is 1.54. The van der Waals surface area contributed by atoms with E-state index in [0.29, 0.717) is 17.1 Å². The van der Waals surface area contributed by atoms with Gasteiger partial charge in [-0.1, -0.05) is 12.1 Å². The van der Waals surface area contributed by atoms with Crippen molar-refractivity contribution in [3.8, 4) is 11.3 Å². The van der Waals surface area contributed by atoms with Crippen LogP contribution in [0.1, 0.15) is 47.1 Å². The zero-order valence-corrected chi connectivity index (χ0v) is 17.5. The highest BCUT2D eigenvalue weighted by Crippen LogP contribution is 2.25. The first-order valence-corrected chi connectivity index (χ1v) is 10.1. The van der Waals surface area contributed by atoms with E-state index in [1.54, 1.807) is 6.07 Å². The second-order valence-corrected chi connectivity index (χ2v) is 7.65. The molecule has 1 atom stereocenters. The van der Waals surface area contributed by atoms with E-state index in [0.717, 1.165) is 51.1 Å². The Hall–Kier alpha value is -2.31. The largest absolute Gasteiger partial charge is 0.451 e. The van der Waals surface area contributed by atoms with Crippen molar-refractivity contribution in [3.63, 3.8) is 0 Å². The Kier molecular flexibility index (Phi) is 6.98. The number of amides is 2. The van der Waals surface area contributed by atoms with Gasteiger partial charge >= 0.3 is 0 Å². The van der Waals surface area contributed by atoms with Crippen molar-refractivity contribution in [1.82, 2.24) is 15.1 Å². The molecule has 1 aromatic carbocycles. The van der Waals surface area contributed by atoms with E-state index in [1.807, 2.05) is 40.1 Å². The number of likely N-dealkylation sites (tertiary alicyclic amines) is 1. The fourth-order valence-corrected chi connectivity index (χ4v) is 3.95. The molecule has 2 aliphatic rings. The summed E-state index contributed by atoms with van der Waals surface area (Å²) in [4.78, 5) is 29.1. The molecule has 2 aliphatic heterocycles. The van der Waals surface area contributed by atoms with E-state index in [1.165, 1.54) is 6.42 Å². The number of piperazine rings is 1. The highest BCUT2D eigenvalue weighted by atomic mass is 35.5. The number of carbonyl (C=O) groups excluding carboxylic acids is 2. The number of rotatable bonds is 3. The Morgan fingerprint density at radius 1 is 0.966 bits per heavy atom. The van der Waals surface area contributed by atoms with Gasteiger partial charge < -0.3 is 19.5 Å². The van der Waals surface area contributed by atoms with Crippen LogP contribution < -0.4 is 5.32 Å². The molecule has 6 nitrogen and oxygen atoms in total. The van der Waals surface area contributed by atoms with E-state index < -0.39 is 0 Å². The minimum Gasteiger partial charge on any atom is -0.451 e. The number of furan rings is 1. The van der Waals surface area contributed by atoms with E-state index in [-0.39, 0.29) is 30.3 Å². The fourth-order valence-electron chi connectivity index (χ4n) is 3.95. The lowest BCUT2D eigenvalue weighted by Gasteiger charge is -2.34. The monoisotopic (exact) mass is 417 g/mol. The summed E-state index contributed by atoms with van der Waals surface area (Å²) in [5, 5.41) is 3.30. The van der Waals surface area contributed by atoms with Crippen LogP contribution in [0.15, 0.2) is 40.8 Å². The van der Waals surface area contributed by atoms with Crippen LogP contribution >= 0.6 is 12.4 Å². The first-order chi connectivity index (χ1) is 13.6. The second-order valence-electron chi connectivity index (χ2n) is 7.65. The second kappa shape index (κ2) is 9.46. The van der Waals surface area contributed by atoms with Gasteiger partial charge in [0.15, 0.2) is 5.76 Å². The van der Waals surface area contributed by atoms with E-state index in [9.17, 15) is 9.59 Å². The summed E-state index contributed by atoms with van der Waals surface area (Å²) < 4.78 is 5.82. The molecule has 7 heteroatoms. The third-order valence-corrected chi connectivity index (χ3v) is 5.64. The molecule has 0 spiro atoms. The van der Waals surface area contributed by atoms with Crippen LogP contribution in [-0.4, -0.2) is 60.4 Å². The van der Waals surface area contributed by atoms with Gasteiger partial charge in [-0.2, -0.15) is 0 Å². The number of carbonyl (C=O) groups is 2. The molecule has 0 aliphatic carbocycles. The minimum atomic E-state index is -0.0366. The summed E-state index contributed by atoms with van der Waals surface area (Å²) in [6, 6.07) is 11.2. The number of benzene rings is 1. The Morgan fingerprint density at radius 3 is 2.38 bits per heavy atom. The first kappa shape index (κ1) is 21.4. The predicted molar refractivity (Wildman–Crippen MR) is 115 cm³/mol. The highest BCUT2D eigenvalue weighted by Gasteiger charge is 2.24. The molecule has 29 heavy (non-hydrogen) atoms. The maximum atomic E-state index is 12.8. The normalized spacial score (nSPS) is 19.6. The van der Waals surface area contributed by atoms with Crippen molar-refractivity contribution < 1.29 is 14.0 Å². The minimum absolute atomic E-state index is 0. The van der Waals surface area contributed by atoms with Gasteiger partial charge in [0.05, 0.1) is 0 Å². The van der Waals surface area contributed by atoms with Gasteiger partial charge in [-0.3, -0.25) is 9.59 Å². The van der Waals surface area contributed by atoms with Gasteiger partial charge in [0, 0.05) is 49.9 Å². The molecule has 2 fully saturated rings. The molecule has 4 rings (SSSR count). The SMILES string of the molecule is CC1CNCCN1C(=O)c1ccc(-c2ccc(C(=O)N3CCCCC3)o2)cc1.Cl. The van der Waals surface area contributed by atoms with Gasteiger partial charge in [0.25, 0.3) is 11.8 Å². The van der Waals surface area contributed by atoms with Crippen LogP contribution in [0.3, 0.4) is 0 Å². The number of hydrogen-bond donors (Lipinski definition) is 1. The molecule has 1 N–H and O–H groups in total. The quantitative estimate of drug-likeness (QED) is 0.830. The number of piperidine rings is 1. The number of nitrogens with zero attached hydrogens (tertiary/aromatic N) is 2. The molecule has 0 radical (unpaired) electrons. The van der Waals surface area contributed by atoms with E-state index in [2.05, 4.69) is 12.2 Å². The van der Waals surface area contributed by atoms with E-state index in [4.69, 9.17) is 4.42 Å². The first-order valence-electron chi connectivity index (χ1n) is 10.1. The van der Waals surface area contributed by atoms with Crippen molar-refractivity contribution in [2.75, 3.05) is 32.7 Å². The average molecular weight is 418 g/mol. The summed E-state index contributed by atoms with van der Waals surface area (Å²) in [6.45, 7) is 6.04. The van der Waals surface area contributed by atoms with Gasteiger partial charge in [0.1, 0.15) is 5.76 Å². The van der Waals surface area contributed by atoms with Crippen molar-refractivity contribution >= 4 is 24.2 Å². The van der Waals surface area contributed by atoms with Crippen molar-refractivity contribution in [2.24, 2.45) is 0 Å². The summed E-state index contributed by atoms with van der Waals surface area (Å²) in [5.74, 6) is 1.05. The summed E-state index contributed by atoms with van der Waals surface area (Å²) in [7, 11) is 0. The van der Waals surface area contributed by atoms with Crippen LogP contribution in [0, 0.1) is 0 Å². The summed E-state index contributed by atoms with van der Waals surface area (Å²) in [6.07, 6.45) is 3.30. The zero-order chi connectivity index (χ0) is 19.5. The standard InChI is InChI=1S/C22H27N3O3.ClH/c1-16-15-23-11-14-25(16)21(26)18-7-5-17(6-8-18)19-9-10-20(28-19)22(27)24-12-3-2-4-13-24;/h5-10,16,23H,2-4,11-15H2,1H3;1H. The Labute approximate surface area is 177 Å². The molecule has 156 valence electrons. The van der Waals surface area contributed by atoms with Crippen molar-refractivity contribution in [2.45, 2.75) is 32.2 Å². The van der Waals surface area contributed by atoms with Gasteiger partial charge in [0.2, 0.25) is 0 Å². The molecule has 3 heterocycles. The average Bonchev–Trinajstić information content (AvgIpc) is 3.24. The van der Waals surface area contributed by atoms with E-state index >= 15 is 0 Å². The van der Waals surface area contributed by atoms with Crippen LogP contribution in [-0.2, 0) is 0 Å². The summed E-state index contributed by atoms with van der Waals surface area (Å²) >= 11 is 0. The van der Waals surface area contributed by atoms with Gasteiger partial charge in [-0.05, 0) is 50.5 Å². The Bertz CT molecular complexity index is 843. The Morgan fingerprint density at radius 2 is 1.69 bits per heavy atom. The lowest BCUT2D eigenvalue weighted by atomic mass is 10.1. The third kappa shape index (κ3) is 4.65. The molecule has 2 aromatic rings. The lowest BCUT2D eigenvalue weighted by Crippen LogP contribution is -2.52. The van der Waals surface area contributed by atoms with Crippen LogP contribution in [0.2, 0.25) is 0 Å². The third-order valence-electron chi connectivity index (χ3n) is 5.64. The predicted octanol–water partition coefficient (Wildman–Crippen LogP) is 3.43. The lowest BCUT2D eigenvalue weighted by molar-refractivity contribution is 0.0654. The van der Waals surface area contributed by atoms with Gasteiger partial charge in [-0.25, -0.2) is 0 Å². The molecule has 2 amide bonds. The van der Waals surface area contributed by atoms with Gasteiger partial charge in [-0.15, -0.1) is 12.4 Å². The topological polar surface area (TPSA) is 65.8 Å². The fraction of sp³-hybridized carbons (Fsp3) is 0.455. The molecule has 0 bridgehead atoms. The number of halogens is 1.